The molecule has 1 saturated carbocycles. The third kappa shape index (κ3) is 3.23. The number of methoxy groups -OCH3 is 2. The highest BCUT2D eigenvalue weighted by molar-refractivity contribution is 6.76. The Balaban J connectivity index is 2.42. The first-order chi connectivity index (χ1) is 10.6. The van der Waals surface area contributed by atoms with Crippen molar-refractivity contribution in [3.8, 4) is 0 Å². The van der Waals surface area contributed by atoms with Gasteiger partial charge in [0.15, 0.2) is 6.29 Å². The number of aliphatic hydroxyl groups excluding tert-OH is 1. The van der Waals surface area contributed by atoms with Gasteiger partial charge in [-0.05, 0) is 13.3 Å². The molecule has 2 aliphatic rings. The fourth-order valence-corrected chi connectivity index (χ4v) is 3.54. The zero-order valence-electron chi connectivity index (χ0n) is 13.0. The van der Waals surface area contributed by atoms with Crippen molar-refractivity contribution >= 4 is 40.7 Å². The zero-order valence-corrected chi connectivity index (χ0v) is 15.3. The highest BCUT2D eigenvalue weighted by Gasteiger charge is 2.70. The summed E-state index contributed by atoms with van der Waals surface area (Å²) in [6, 6.07) is 0. The van der Waals surface area contributed by atoms with Crippen LogP contribution in [-0.4, -0.2) is 58.7 Å². The molecule has 0 aromatic carbocycles. The van der Waals surface area contributed by atoms with Gasteiger partial charge in [-0.15, -0.1) is 6.58 Å². The number of rotatable bonds is 5. The van der Waals surface area contributed by atoms with E-state index < -0.39 is 45.3 Å². The van der Waals surface area contributed by atoms with Crippen molar-refractivity contribution in [2.75, 3.05) is 14.2 Å². The molecule has 132 valence electrons. The Morgan fingerprint density at radius 2 is 2.04 bits per heavy atom. The van der Waals surface area contributed by atoms with Crippen LogP contribution in [0.25, 0.3) is 0 Å². The van der Waals surface area contributed by atoms with Crippen molar-refractivity contribution in [1.29, 1.82) is 0 Å². The Morgan fingerprint density at radius 1 is 1.48 bits per heavy atom. The Morgan fingerprint density at radius 3 is 2.48 bits per heavy atom. The molecule has 2 N–H and O–H groups in total. The lowest BCUT2D eigenvalue weighted by Crippen LogP contribution is -2.68. The second kappa shape index (κ2) is 6.33. The first kappa shape index (κ1) is 19.2. The van der Waals surface area contributed by atoms with Crippen LogP contribution in [0.2, 0.25) is 0 Å². The van der Waals surface area contributed by atoms with E-state index in [9.17, 15) is 9.90 Å². The van der Waals surface area contributed by atoms with Crippen LogP contribution >= 0.6 is 34.8 Å². The Labute approximate surface area is 150 Å². The van der Waals surface area contributed by atoms with Gasteiger partial charge in [-0.2, -0.15) is 0 Å². The number of amides is 1. The van der Waals surface area contributed by atoms with Crippen LogP contribution < -0.4 is 5.32 Å². The van der Waals surface area contributed by atoms with Crippen LogP contribution in [0.15, 0.2) is 12.7 Å². The van der Waals surface area contributed by atoms with Gasteiger partial charge in [-0.3, -0.25) is 4.79 Å². The average Bonchev–Trinajstić information content (AvgIpc) is 3.15. The van der Waals surface area contributed by atoms with E-state index in [2.05, 4.69) is 11.9 Å². The van der Waals surface area contributed by atoms with E-state index in [4.69, 9.17) is 49.0 Å². The number of halogens is 3. The molecule has 5 atom stereocenters. The first-order valence-corrected chi connectivity index (χ1v) is 8.13. The van der Waals surface area contributed by atoms with Gasteiger partial charge in [-0.1, -0.05) is 40.9 Å². The first-order valence-electron chi connectivity index (χ1n) is 7.00. The maximum absolute atomic E-state index is 12.2. The molecular formula is C14H20Cl3NO5. The molecule has 1 saturated heterocycles. The quantitative estimate of drug-likeness (QED) is 0.323. The highest BCUT2D eigenvalue weighted by Crippen LogP contribution is 2.55. The molecule has 5 unspecified atom stereocenters. The van der Waals surface area contributed by atoms with Crippen molar-refractivity contribution in [2.45, 2.75) is 46.8 Å². The minimum Gasteiger partial charge on any atom is -0.387 e. The number of alkyl halides is 3. The summed E-state index contributed by atoms with van der Waals surface area (Å²) in [6.45, 7) is 5.62. The van der Waals surface area contributed by atoms with Gasteiger partial charge in [0, 0.05) is 20.1 Å². The maximum atomic E-state index is 12.2. The van der Waals surface area contributed by atoms with E-state index >= 15 is 0 Å². The Kier molecular flexibility index (Phi) is 5.30. The summed E-state index contributed by atoms with van der Waals surface area (Å²) in [6.07, 6.45) is -0.383. The predicted molar refractivity (Wildman–Crippen MR) is 86.6 cm³/mol. The predicted octanol–water partition coefficient (Wildman–Crippen LogP) is 1.55. The molecule has 9 heteroatoms. The van der Waals surface area contributed by atoms with Crippen LogP contribution in [-0.2, 0) is 19.0 Å². The van der Waals surface area contributed by atoms with Crippen LogP contribution in [0, 0.1) is 5.92 Å². The highest BCUT2D eigenvalue weighted by atomic mass is 35.6. The number of carbonyl (C=O) groups is 1. The van der Waals surface area contributed by atoms with Crippen molar-refractivity contribution < 1.29 is 24.1 Å². The summed E-state index contributed by atoms with van der Waals surface area (Å²) in [7, 11) is 2.93. The van der Waals surface area contributed by atoms with Crippen LogP contribution in [0.4, 0.5) is 0 Å². The van der Waals surface area contributed by atoms with Gasteiger partial charge in [0.2, 0.25) is 0 Å². The second-order valence-corrected chi connectivity index (χ2v) is 8.32. The van der Waals surface area contributed by atoms with Crippen LogP contribution in [0.3, 0.4) is 0 Å². The molecule has 2 fully saturated rings. The molecule has 1 aliphatic carbocycles. The third-order valence-corrected chi connectivity index (χ3v) is 5.19. The lowest BCUT2D eigenvalue weighted by Gasteiger charge is -2.48. The van der Waals surface area contributed by atoms with Gasteiger partial charge >= 0.3 is 0 Å². The zero-order chi connectivity index (χ0) is 17.6. The number of hydrogen-bond donors (Lipinski definition) is 2. The van der Waals surface area contributed by atoms with Gasteiger partial charge in [0.05, 0.1) is 11.1 Å². The third-order valence-electron chi connectivity index (χ3n) is 4.67. The largest absolute Gasteiger partial charge is 0.387 e. The summed E-state index contributed by atoms with van der Waals surface area (Å²) >= 11 is 16.9. The average molecular weight is 389 g/mol. The standard InChI is InChI=1S/C14H20Cl3NO5/c1-5-13(18-11(20)14(15,16)17)7(10(21-3)22-4)6-12(2)9(23-12)8(13)19/h5,7-10,19H,1,6H2,2-4H3,(H,18,20). The molecule has 6 nitrogen and oxygen atoms in total. The second-order valence-electron chi connectivity index (χ2n) is 6.04. The normalized spacial score (nSPS) is 39.7. The number of ether oxygens (including phenoxy) is 3. The molecule has 0 radical (unpaired) electrons. The lowest BCUT2D eigenvalue weighted by atomic mass is 9.66. The maximum Gasteiger partial charge on any atom is 0.272 e. The number of aliphatic hydroxyl groups is 1. The molecule has 0 aromatic heterocycles. The van der Waals surface area contributed by atoms with E-state index in [-0.39, 0.29) is 0 Å². The van der Waals surface area contributed by atoms with Crippen LogP contribution in [0.5, 0.6) is 0 Å². The Bertz CT molecular complexity index is 495. The van der Waals surface area contributed by atoms with Crippen LogP contribution in [0.1, 0.15) is 13.3 Å². The number of epoxide rings is 1. The molecule has 1 aliphatic heterocycles. The van der Waals surface area contributed by atoms with Gasteiger partial charge in [0.1, 0.15) is 12.2 Å². The molecule has 1 heterocycles. The van der Waals surface area contributed by atoms with Crippen molar-refractivity contribution in [3.05, 3.63) is 12.7 Å². The topological polar surface area (TPSA) is 80.3 Å². The van der Waals surface area contributed by atoms with Crippen molar-refractivity contribution in [1.82, 2.24) is 5.32 Å². The van der Waals surface area contributed by atoms with Crippen molar-refractivity contribution in [3.63, 3.8) is 0 Å². The number of nitrogens with one attached hydrogen (secondary N) is 1. The minimum atomic E-state index is -2.18. The molecular weight excluding hydrogens is 369 g/mol. The molecule has 1 amide bonds. The SMILES string of the molecule is C=CC1(NC(=O)C(Cl)(Cl)Cl)C(O)C2OC2(C)CC1C(OC)OC. The number of fused-ring (bicyclic) bond motifs is 1. The minimum absolute atomic E-state index is 0.457. The lowest BCUT2D eigenvalue weighted by molar-refractivity contribution is -0.174. The molecule has 2 rings (SSSR count). The monoisotopic (exact) mass is 387 g/mol. The van der Waals surface area contributed by atoms with E-state index in [1.165, 1.54) is 20.3 Å². The summed E-state index contributed by atoms with van der Waals surface area (Å²) in [4.78, 5) is 12.2. The molecule has 0 bridgehead atoms. The summed E-state index contributed by atoms with van der Waals surface area (Å²) in [5, 5.41) is 13.4. The smallest absolute Gasteiger partial charge is 0.272 e. The summed E-state index contributed by atoms with van der Waals surface area (Å²) < 4.78 is 14.1. The fraction of sp³-hybridized carbons (Fsp3) is 0.786. The number of hydrogen-bond acceptors (Lipinski definition) is 5. The van der Waals surface area contributed by atoms with E-state index in [0.717, 1.165) is 0 Å². The molecule has 0 aromatic rings. The molecule has 0 spiro atoms. The van der Waals surface area contributed by atoms with Gasteiger partial charge in [0.25, 0.3) is 9.70 Å². The van der Waals surface area contributed by atoms with Gasteiger partial charge in [-0.25, -0.2) is 0 Å². The summed E-state index contributed by atoms with van der Waals surface area (Å²) in [5.41, 5.74) is -1.84. The van der Waals surface area contributed by atoms with E-state index in [1.54, 1.807) is 0 Å². The fourth-order valence-electron chi connectivity index (χ4n) is 3.40. The summed E-state index contributed by atoms with van der Waals surface area (Å²) in [5.74, 6) is -1.37. The van der Waals surface area contributed by atoms with E-state index in [0.29, 0.717) is 6.42 Å². The Hall–Kier alpha value is -0.0800. The molecule has 23 heavy (non-hydrogen) atoms. The van der Waals surface area contributed by atoms with Gasteiger partial charge < -0.3 is 24.6 Å². The van der Waals surface area contributed by atoms with Crippen molar-refractivity contribution in [2.24, 2.45) is 5.92 Å². The van der Waals surface area contributed by atoms with E-state index in [1.807, 2.05) is 6.92 Å². The number of carbonyl (C=O) groups excluding carboxylic acids is 1.